The lowest BCUT2D eigenvalue weighted by atomic mass is 9.98. The van der Waals surface area contributed by atoms with Crippen LogP contribution in [0.4, 0.5) is 10.5 Å². The number of hydrogen-bond acceptors (Lipinski definition) is 3. The zero-order chi connectivity index (χ0) is 13.9. The lowest BCUT2D eigenvalue weighted by Gasteiger charge is -2.24. The normalized spacial score (nSPS) is 11.3. The molecule has 4 N–H and O–H groups in total. The van der Waals surface area contributed by atoms with Gasteiger partial charge >= 0.3 is 6.09 Å². The number of ether oxygens (including phenoxy) is 1. The number of halogens is 2. The molecule has 0 unspecified atom stereocenters. The van der Waals surface area contributed by atoms with Crippen molar-refractivity contribution in [2.45, 2.75) is 32.3 Å². The molecule has 1 aromatic rings. The minimum absolute atomic E-state index is 0.365. The zero-order valence-corrected chi connectivity index (χ0v) is 11.8. The predicted molar refractivity (Wildman–Crippen MR) is 73.9 cm³/mol. The number of amides is 1. The molecule has 0 aliphatic carbocycles. The van der Waals surface area contributed by atoms with Gasteiger partial charge in [0.25, 0.3) is 0 Å². The molecule has 18 heavy (non-hydrogen) atoms. The van der Waals surface area contributed by atoms with Gasteiger partial charge < -0.3 is 16.2 Å². The fourth-order valence-electron chi connectivity index (χ4n) is 1.57. The van der Waals surface area contributed by atoms with Gasteiger partial charge in [-0.25, -0.2) is 4.79 Å². The summed E-state index contributed by atoms with van der Waals surface area (Å²) in [6, 6.07) is 3.50. The second kappa shape index (κ2) is 5.67. The third-order valence-electron chi connectivity index (χ3n) is 2.58. The third-order valence-corrected chi connectivity index (χ3v) is 3.36. The maximum atomic E-state index is 10.7. The van der Waals surface area contributed by atoms with Crippen LogP contribution in [0.15, 0.2) is 12.1 Å². The molecule has 0 bridgehead atoms. The zero-order valence-electron chi connectivity index (χ0n) is 10.3. The Balaban J connectivity index is 2.75. The Morgan fingerprint density at radius 2 is 2.00 bits per heavy atom. The Morgan fingerprint density at radius 1 is 1.39 bits per heavy atom. The van der Waals surface area contributed by atoms with Crippen LogP contribution in [0.2, 0.25) is 10.0 Å². The van der Waals surface area contributed by atoms with Crippen LogP contribution in [0.3, 0.4) is 0 Å². The van der Waals surface area contributed by atoms with Crippen LogP contribution in [0.25, 0.3) is 0 Å². The quantitative estimate of drug-likeness (QED) is 0.835. The first-order valence-electron chi connectivity index (χ1n) is 5.44. The van der Waals surface area contributed by atoms with Gasteiger partial charge in [-0.1, -0.05) is 29.3 Å². The molecule has 0 atom stereocenters. The summed E-state index contributed by atoms with van der Waals surface area (Å²) in [7, 11) is 0. The first kappa shape index (κ1) is 14.9. The van der Waals surface area contributed by atoms with Crippen molar-refractivity contribution in [1.29, 1.82) is 0 Å². The smallest absolute Gasteiger partial charge is 0.405 e. The van der Waals surface area contributed by atoms with E-state index in [0.717, 1.165) is 5.56 Å². The van der Waals surface area contributed by atoms with E-state index in [4.69, 9.17) is 39.4 Å². The van der Waals surface area contributed by atoms with E-state index in [9.17, 15) is 4.79 Å². The Morgan fingerprint density at radius 3 is 2.56 bits per heavy atom. The SMILES string of the molecule is CC(C)(CCc1ccc(Cl)c(N)c1Cl)OC(N)=O. The van der Waals surface area contributed by atoms with Crippen LogP contribution in [0, 0.1) is 0 Å². The monoisotopic (exact) mass is 290 g/mol. The van der Waals surface area contributed by atoms with Crippen LogP contribution in [-0.2, 0) is 11.2 Å². The molecule has 0 aromatic heterocycles. The van der Waals surface area contributed by atoms with Gasteiger partial charge in [-0.15, -0.1) is 0 Å². The Bertz CT molecular complexity index is 462. The number of carbonyl (C=O) groups excluding carboxylic acids is 1. The van der Waals surface area contributed by atoms with E-state index in [1.165, 1.54) is 0 Å². The number of aryl methyl sites for hydroxylation is 1. The molecular formula is C12H16Cl2N2O2. The number of nitrogen functional groups attached to an aromatic ring is 1. The summed E-state index contributed by atoms with van der Waals surface area (Å²) in [5, 5.41) is 0.869. The standard InChI is InChI=1S/C12H16Cl2N2O2/c1-12(2,18-11(16)17)6-5-7-3-4-8(13)10(15)9(7)14/h3-4H,5-6,15H2,1-2H3,(H2,16,17). The van der Waals surface area contributed by atoms with E-state index >= 15 is 0 Å². The van der Waals surface area contributed by atoms with Crippen molar-refractivity contribution in [3.63, 3.8) is 0 Å². The van der Waals surface area contributed by atoms with Crippen molar-refractivity contribution >= 4 is 35.0 Å². The third kappa shape index (κ3) is 3.96. The fraction of sp³-hybridized carbons (Fsp3) is 0.417. The first-order valence-corrected chi connectivity index (χ1v) is 6.19. The lowest BCUT2D eigenvalue weighted by Crippen LogP contribution is -2.31. The number of nitrogens with two attached hydrogens (primary N) is 2. The number of carbonyl (C=O) groups is 1. The summed E-state index contributed by atoms with van der Waals surface area (Å²) in [5.41, 5.74) is 11.3. The van der Waals surface area contributed by atoms with Crippen LogP contribution in [-0.4, -0.2) is 11.7 Å². The van der Waals surface area contributed by atoms with E-state index in [1.807, 2.05) is 0 Å². The maximum Gasteiger partial charge on any atom is 0.405 e. The van der Waals surface area contributed by atoms with Crippen LogP contribution in [0.5, 0.6) is 0 Å². The molecule has 100 valence electrons. The van der Waals surface area contributed by atoms with Crippen molar-refractivity contribution in [1.82, 2.24) is 0 Å². The molecule has 0 aliphatic rings. The predicted octanol–water partition coefficient (Wildman–Crippen LogP) is 3.38. The van der Waals surface area contributed by atoms with Gasteiger partial charge in [-0.05, 0) is 38.3 Å². The summed E-state index contributed by atoms with van der Waals surface area (Å²) < 4.78 is 4.99. The van der Waals surface area contributed by atoms with Gasteiger partial charge in [0.15, 0.2) is 0 Å². The number of rotatable bonds is 4. The number of hydrogen-bond donors (Lipinski definition) is 2. The van der Waals surface area contributed by atoms with Crippen LogP contribution >= 0.6 is 23.2 Å². The minimum Gasteiger partial charge on any atom is -0.444 e. The molecular weight excluding hydrogens is 275 g/mol. The minimum atomic E-state index is -0.790. The van der Waals surface area contributed by atoms with E-state index in [-0.39, 0.29) is 0 Å². The molecule has 1 amide bonds. The van der Waals surface area contributed by atoms with E-state index in [0.29, 0.717) is 28.6 Å². The van der Waals surface area contributed by atoms with Gasteiger partial charge in [-0.2, -0.15) is 0 Å². The number of anilines is 1. The first-order chi connectivity index (χ1) is 8.23. The average molecular weight is 291 g/mol. The van der Waals surface area contributed by atoms with Crippen molar-refractivity contribution in [3.8, 4) is 0 Å². The highest BCUT2D eigenvalue weighted by atomic mass is 35.5. The summed E-state index contributed by atoms with van der Waals surface area (Å²) in [4.78, 5) is 10.7. The van der Waals surface area contributed by atoms with Gasteiger partial charge in [0.2, 0.25) is 0 Å². The Labute approximate surface area is 116 Å². The second-order valence-corrected chi connectivity index (χ2v) is 5.40. The summed E-state index contributed by atoms with van der Waals surface area (Å²) in [6.07, 6.45) is 0.402. The average Bonchev–Trinajstić information content (AvgIpc) is 2.23. The molecule has 0 heterocycles. The molecule has 4 nitrogen and oxygen atoms in total. The fourth-order valence-corrected chi connectivity index (χ4v) is 2.03. The molecule has 6 heteroatoms. The summed E-state index contributed by atoms with van der Waals surface area (Å²) in [5.74, 6) is 0. The van der Waals surface area contributed by atoms with Crippen molar-refractivity contribution in [3.05, 3.63) is 27.7 Å². The molecule has 0 aliphatic heterocycles. The highest BCUT2D eigenvalue weighted by Crippen LogP contribution is 2.32. The molecule has 0 fully saturated rings. The summed E-state index contributed by atoms with van der Waals surface area (Å²) in [6.45, 7) is 3.57. The Kier molecular flexibility index (Phi) is 4.71. The molecule has 1 rings (SSSR count). The highest BCUT2D eigenvalue weighted by Gasteiger charge is 2.22. The summed E-state index contributed by atoms with van der Waals surface area (Å²) >= 11 is 11.9. The van der Waals surface area contributed by atoms with Crippen LogP contribution < -0.4 is 11.5 Å². The van der Waals surface area contributed by atoms with E-state index < -0.39 is 11.7 Å². The van der Waals surface area contributed by atoms with Gasteiger partial charge in [0.1, 0.15) is 5.60 Å². The van der Waals surface area contributed by atoms with Crippen molar-refractivity contribution in [2.75, 3.05) is 5.73 Å². The van der Waals surface area contributed by atoms with Gasteiger partial charge in [0.05, 0.1) is 15.7 Å². The Hall–Kier alpha value is -1.13. The van der Waals surface area contributed by atoms with Crippen LogP contribution in [0.1, 0.15) is 25.8 Å². The lowest BCUT2D eigenvalue weighted by molar-refractivity contribution is 0.0394. The van der Waals surface area contributed by atoms with Gasteiger partial charge in [-0.3, -0.25) is 0 Å². The topological polar surface area (TPSA) is 78.3 Å². The molecule has 1 aromatic carbocycles. The molecule has 0 radical (unpaired) electrons. The van der Waals surface area contributed by atoms with Gasteiger partial charge in [0, 0.05) is 0 Å². The molecule has 0 spiro atoms. The largest absolute Gasteiger partial charge is 0.444 e. The molecule has 0 saturated heterocycles. The van der Waals surface area contributed by atoms with E-state index in [1.54, 1.807) is 26.0 Å². The molecule has 0 saturated carbocycles. The van der Waals surface area contributed by atoms with Crippen molar-refractivity contribution < 1.29 is 9.53 Å². The maximum absolute atomic E-state index is 10.7. The van der Waals surface area contributed by atoms with E-state index in [2.05, 4.69) is 0 Å². The number of primary amides is 1. The number of benzene rings is 1. The van der Waals surface area contributed by atoms with Crippen molar-refractivity contribution in [2.24, 2.45) is 5.73 Å². The highest BCUT2D eigenvalue weighted by molar-refractivity contribution is 6.39. The second-order valence-electron chi connectivity index (χ2n) is 4.61.